The molecule has 6 rings (SSSR count). The molecule has 2 atom stereocenters. The second-order valence-electron chi connectivity index (χ2n) is 9.27. The first-order valence-electron chi connectivity index (χ1n) is 11.7. The SMILES string of the molecule is NC(=O)c1cc2c(c(F)c1-c1c(Cl)c(F)cc3c1C[C@](c1ccccc1)([C@@H]1CCCN1)O3)OCC2. The number of ether oxygens (including phenoxy) is 2. The largest absolute Gasteiger partial charge is 0.490 e. The lowest BCUT2D eigenvalue weighted by molar-refractivity contribution is 0.0539. The maximum Gasteiger partial charge on any atom is 0.249 e. The zero-order valence-corrected chi connectivity index (χ0v) is 19.6. The number of nitrogens with one attached hydrogen (secondary N) is 1. The van der Waals surface area contributed by atoms with Crippen LogP contribution < -0.4 is 20.5 Å². The minimum absolute atomic E-state index is 0.0456. The zero-order valence-electron chi connectivity index (χ0n) is 18.8. The number of amides is 1. The van der Waals surface area contributed by atoms with Gasteiger partial charge in [0.25, 0.3) is 0 Å². The molecule has 35 heavy (non-hydrogen) atoms. The number of halogens is 3. The Kier molecular flexibility index (Phi) is 5.23. The molecule has 0 aliphatic carbocycles. The maximum atomic E-state index is 15.9. The fraction of sp³-hybridized carbons (Fsp3) is 0.296. The summed E-state index contributed by atoms with van der Waals surface area (Å²) in [6.45, 7) is 1.13. The first-order chi connectivity index (χ1) is 16.9. The minimum Gasteiger partial charge on any atom is -0.490 e. The third kappa shape index (κ3) is 3.32. The van der Waals surface area contributed by atoms with Crippen LogP contribution in [0, 0.1) is 11.6 Å². The summed E-state index contributed by atoms with van der Waals surface area (Å²) in [7, 11) is 0. The van der Waals surface area contributed by atoms with Crippen molar-refractivity contribution in [2.75, 3.05) is 13.2 Å². The molecule has 180 valence electrons. The van der Waals surface area contributed by atoms with Gasteiger partial charge in [0.15, 0.2) is 17.2 Å². The molecule has 3 N–H and O–H groups in total. The van der Waals surface area contributed by atoms with E-state index in [2.05, 4.69) is 5.32 Å². The Hall–Kier alpha value is -3.16. The van der Waals surface area contributed by atoms with E-state index in [1.54, 1.807) is 0 Å². The van der Waals surface area contributed by atoms with Gasteiger partial charge in [0.2, 0.25) is 5.91 Å². The maximum absolute atomic E-state index is 15.9. The van der Waals surface area contributed by atoms with Crippen LogP contribution in [0.2, 0.25) is 5.02 Å². The van der Waals surface area contributed by atoms with Gasteiger partial charge in [0, 0.05) is 41.2 Å². The summed E-state index contributed by atoms with van der Waals surface area (Å²) in [5.74, 6) is -2.03. The molecule has 3 aromatic rings. The molecule has 1 fully saturated rings. The molecule has 0 bridgehead atoms. The Labute approximate surface area is 206 Å². The van der Waals surface area contributed by atoms with Crippen LogP contribution >= 0.6 is 11.6 Å². The van der Waals surface area contributed by atoms with E-state index in [-0.39, 0.29) is 45.9 Å². The van der Waals surface area contributed by atoms with Crippen LogP contribution in [-0.4, -0.2) is 25.1 Å². The summed E-state index contributed by atoms with van der Waals surface area (Å²) in [5, 5.41) is 3.23. The first kappa shape index (κ1) is 22.3. The van der Waals surface area contributed by atoms with Gasteiger partial charge >= 0.3 is 0 Å². The molecule has 3 heterocycles. The topological polar surface area (TPSA) is 73.6 Å². The Bertz CT molecular complexity index is 1360. The number of fused-ring (bicyclic) bond motifs is 2. The van der Waals surface area contributed by atoms with Gasteiger partial charge in [0.1, 0.15) is 11.6 Å². The molecule has 0 aromatic heterocycles. The molecule has 3 aromatic carbocycles. The second kappa shape index (κ2) is 8.21. The molecule has 0 spiro atoms. The second-order valence-corrected chi connectivity index (χ2v) is 9.65. The van der Waals surface area contributed by atoms with Crippen LogP contribution in [0.25, 0.3) is 11.1 Å². The molecule has 1 amide bonds. The van der Waals surface area contributed by atoms with Gasteiger partial charge in [-0.3, -0.25) is 4.79 Å². The van der Waals surface area contributed by atoms with Gasteiger partial charge < -0.3 is 20.5 Å². The van der Waals surface area contributed by atoms with Crippen LogP contribution in [0.5, 0.6) is 11.5 Å². The van der Waals surface area contributed by atoms with Gasteiger partial charge in [-0.2, -0.15) is 0 Å². The van der Waals surface area contributed by atoms with Crippen LogP contribution in [0.4, 0.5) is 8.78 Å². The number of hydrogen-bond donors (Lipinski definition) is 2. The van der Waals surface area contributed by atoms with Crippen LogP contribution in [-0.2, 0) is 18.4 Å². The minimum atomic E-state index is -0.845. The highest BCUT2D eigenvalue weighted by Gasteiger charge is 2.50. The lowest BCUT2D eigenvalue weighted by Crippen LogP contribution is -2.48. The summed E-state index contributed by atoms with van der Waals surface area (Å²) in [5.41, 5.74) is 6.71. The Balaban J connectivity index is 1.60. The molecule has 0 radical (unpaired) electrons. The average Bonchev–Trinajstić information content (AvgIpc) is 3.61. The quantitative estimate of drug-likeness (QED) is 0.539. The number of nitrogens with two attached hydrogens (primary N) is 1. The van der Waals surface area contributed by atoms with Gasteiger partial charge in [-0.05, 0) is 31.0 Å². The van der Waals surface area contributed by atoms with Crippen molar-refractivity contribution in [1.29, 1.82) is 0 Å². The van der Waals surface area contributed by atoms with E-state index in [1.807, 2.05) is 30.3 Å². The Morgan fingerprint density at radius 2 is 1.97 bits per heavy atom. The highest BCUT2D eigenvalue weighted by molar-refractivity contribution is 6.34. The van der Waals surface area contributed by atoms with E-state index in [4.69, 9.17) is 26.8 Å². The lowest BCUT2D eigenvalue weighted by Gasteiger charge is -2.35. The van der Waals surface area contributed by atoms with Crippen LogP contribution in [0.15, 0.2) is 42.5 Å². The summed E-state index contributed by atoms with van der Waals surface area (Å²) >= 11 is 6.50. The number of rotatable bonds is 4. The van der Waals surface area contributed by atoms with E-state index < -0.39 is 23.1 Å². The van der Waals surface area contributed by atoms with Crippen molar-refractivity contribution in [3.05, 3.63) is 81.4 Å². The number of benzene rings is 3. The molecule has 0 unspecified atom stereocenters. The van der Waals surface area contributed by atoms with Crippen molar-refractivity contribution in [1.82, 2.24) is 5.32 Å². The van der Waals surface area contributed by atoms with Crippen molar-refractivity contribution in [2.24, 2.45) is 5.73 Å². The van der Waals surface area contributed by atoms with Crippen molar-refractivity contribution in [3.63, 3.8) is 0 Å². The van der Waals surface area contributed by atoms with Crippen LogP contribution in [0.3, 0.4) is 0 Å². The van der Waals surface area contributed by atoms with Crippen molar-refractivity contribution < 1.29 is 23.0 Å². The lowest BCUT2D eigenvalue weighted by atomic mass is 9.80. The Morgan fingerprint density at radius 1 is 1.17 bits per heavy atom. The van der Waals surface area contributed by atoms with E-state index in [0.29, 0.717) is 24.0 Å². The van der Waals surface area contributed by atoms with Gasteiger partial charge in [0.05, 0.1) is 23.2 Å². The molecular weight excluding hydrogens is 474 g/mol. The predicted molar refractivity (Wildman–Crippen MR) is 128 cm³/mol. The van der Waals surface area contributed by atoms with E-state index >= 15 is 8.78 Å². The molecule has 0 saturated carbocycles. The third-order valence-corrected chi connectivity index (χ3v) is 7.70. The highest BCUT2D eigenvalue weighted by atomic mass is 35.5. The van der Waals surface area contributed by atoms with Crippen LogP contribution in [0.1, 0.15) is 39.9 Å². The fourth-order valence-corrected chi connectivity index (χ4v) is 6.01. The van der Waals surface area contributed by atoms with Crippen molar-refractivity contribution in [2.45, 2.75) is 37.3 Å². The molecule has 8 heteroatoms. The molecule has 1 saturated heterocycles. The summed E-state index contributed by atoms with van der Waals surface area (Å²) in [6.07, 6.45) is 2.61. The number of carbonyl (C=O) groups excluding carboxylic acids is 1. The number of primary amides is 1. The molecule has 3 aliphatic heterocycles. The van der Waals surface area contributed by atoms with Gasteiger partial charge in [-0.15, -0.1) is 0 Å². The molecule has 3 aliphatic rings. The van der Waals surface area contributed by atoms with E-state index in [1.165, 1.54) is 12.1 Å². The predicted octanol–water partition coefficient (Wildman–Crippen LogP) is 4.90. The summed E-state index contributed by atoms with van der Waals surface area (Å²) < 4.78 is 43.2. The number of carbonyl (C=O) groups is 1. The van der Waals surface area contributed by atoms with Crippen molar-refractivity contribution >= 4 is 17.5 Å². The summed E-state index contributed by atoms with van der Waals surface area (Å²) in [4.78, 5) is 12.4. The number of hydrogen-bond acceptors (Lipinski definition) is 4. The molecule has 5 nitrogen and oxygen atoms in total. The van der Waals surface area contributed by atoms with Gasteiger partial charge in [-0.1, -0.05) is 41.9 Å². The first-order valence-corrected chi connectivity index (χ1v) is 12.1. The fourth-order valence-electron chi connectivity index (χ4n) is 5.75. The van der Waals surface area contributed by atoms with E-state index in [0.717, 1.165) is 24.9 Å². The zero-order chi connectivity index (χ0) is 24.3. The monoisotopic (exact) mass is 496 g/mol. The van der Waals surface area contributed by atoms with Gasteiger partial charge in [-0.25, -0.2) is 8.78 Å². The smallest absolute Gasteiger partial charge is 0.249 e. The highest BCUT2D eigenvalue weighted by Crippen LogP contribution is 2.53. The van der Waals surface area contributed by atoms with Crippen molar-refractivity contribution in [3.8, 4) is 22.6 Å². The standard InChI is InChI=1S/C27H23ClF2N2O3/c28-23-18(29)12-19-17(13-27(35-19,20-7-4-9-32-20)15-5-2-1-3-6-15)21(23)22-16(26(31)33)11-14-8-10-34-25(14)24(22)30/h1-3,5-6,11-12,20,32H,4,7-10,13H2,(H2,31,33)/t20-,27-/m0/s1. The van der Waals surface area contributed by atoms with E-state index in [9.17, 15) is 4.79 Å². The average molecular weight is 497 g/mol. The molecular formula is C27H23ClF2N2O3. The summed E-state index contributed by atoms with van der Waals surface area (Å²) in [6, 6.07) is 12.4. The normalized spacial score (nSPS) is 22.4. The third-order valence-electron chi connectivity index (χ3n) is 7.33. The Morgan fingerprint density at radius 3 is 2.69 bits per heavy atom.